The van der Waals surface area contributed by atoms with Crippen molar-refractivity contribution in [1.82, 2.24) is 10.9 Å². The van der Waals surface area contributed by atoms with Gasteiger partial charge in [0.2, 0.25) is 11.9 Å². The number of guanidine groups is 2. The standard InChI is InChI=1S/C24H26N8.ClH/c1-13(29-31-23(25)27-3)15-8-9-17-19-7-5-6-18-16(14(2)30-32-24(26)28-4)10-11-20(22(18)19)21(17)12-15;/h5-12H,1-4H3,(H3,25,27,31)(H3,26,28,32);1H/b29-13+,30-14+;. The lowest BCUT2D eigenvalue weighted by molar-refractivity contribution is 0.997. The predicted molar refractivity (Wildman–Crippen MR) is 141 cm³/mol. The zero-order valence-electron chi connectivity index (χ0n) is 19.0. The van der Waals surface area contributed by atoms with Crippen LogP contribution in [0, 0.1) is 0 Å². The summed E-state index contributed by atoms with van der Waals surface area (Å²) >= 11 is 0. The van der Waals surface area contributed by atoms with Crippen LogP contribution < -0.4 is 22.3 Å². The Bertz CT molecular complexity index is 1340. The summed E-state index contributed by atoms with van der Waals surface area (Å²) in [7, 11) is 3.23. The van der Waals surface area contributed by atoms with E-state index >= 15 is 0 Å². The third-order valence-corrected chi connectivity index (χ3v) is 5.61. The van der Waals surface area contributed by atoms with Crippen molar-refractivity contribution in [2.45, 2.75) is 13.8 Å². The second-order valence-electron chi connectivity index (χ2n) is 7.48. The van der Waals surface area contributed by atoms with Crippen molar-refractivity contribution in [1.29, 1.82) is 0 Å². The van der Waals surface area contributed by atoms with Crippen LogP contribution in [0.1, 0.15) is 25.0 Å². The van der Waals surface area contributed by atoms with Gasteiger partial charge in [0.1, 0.15) is 0 Å². The first-order valence-corrected chi connectivity index (χ1v) is 10.2. The van der Waals surface area contributed by atoms with Gasteiger partial charge in [0.25, 0.3) is 0 Å². The number of aliphatic imine (C=N–C) groups is 2. The molecule has 9 heteroatoms. The molecular formula is C24H27ClN8. The smallest absolute Gasteiger partial charge is 0.209 e. The Balaban J connectivity index is 0.00000306. The Morgan fingerprint density at radius 1 is 0.727 bits per heavy atom. The number of nitrogens with one attached hydrogen (secondary N) is 2. The van der Waals surface area contributed by atoms with Crippen LogP contribution in [0.3, 0.4) is 0 Å². The second kappa shape index (κ2) is 9.70. The SMILES string of the molecule is CN=C(N)N/N=C(\C)c1ccc2c(c1)-c1ccc(/C(C)=N/NC(N)=NC)c3cccc-2c13.Cl. The van der Waals surface area contributed by atoms with Crippen molar-refractivity contribution in [2.75, 3.05) is 14.1 Å². The number of fused-ring (bicyclic) bond motifs is 3. The van der Waals surface area contributed by atoms with E-state index in [1.165, 1.54) is 27.6 Å². The molecule has 0 amide bonds. The molecule has 0 atom stereocenters. The van der Waals surface area contributed by atoms with Gasteiger partial charge in [0.15, 0.2) is 0 Å². The maximum absolute atomic E-state index is 5.72. The maximum Gasteiger partial charge on any atom is 0.209 e. The number of benzene rings is 3. The highest BCUT2D eigenvalue weighted by atomic mass is 35.5. The molecule has 0 unspecified atom stereocenters. The number of rotatable bonds is 4. The van der Waals surface area contributed by atoms with E-state index in [4.69, 9.17) is 11.5 Å². The minimum atomic E-state index is 0. The van der Waals surface area contributed by atoms with Crippen LogP contribution in [-0.2, 0) is 0 Å². The maximum atomic E-state index is 5.72. The summed E-state index contributed by atoms with van der Waals surface area (Å²) < 4.78 is 0. The largest absolute Gasteiger partial charge is 0.369 e. The van der Waals surface area contributed by atoms with Crippen molar-refractivity contribution in [2.24, 2.45) is 31.7 Å². The van der Waals surface area contributed by atoms with Crippen LogP contribution in [0.2, 0.25) is 0 Å². The van der Waals surface area contributed by atoms with Crippen molar-refractivity contribution in [3.8, 4) is 22.3 Å². The van der Waals surface area contributed by atoms with E-state index in [9.17, 15) is 0 Å². The highest BCUT2D eigenvalue weighted by Crippen LogP contribution is 2.48. The molecule has 0 saturated carbocycles. The first kappa shape index (κ1) is 23.7. The van der Waals surface area contributed by atoms with Crippen LogP contribution in [0.25, 0.3) is 33.0 Å². The highest BCUT2D eigenvalue weighted by molar-refractivity contribution is 6.21. The average Bonchev–Trinajstić information content (AvgIpc) is 3.15. The van der Waals surface area contributed by atoms with Crippen LogP contribution in [0.15, 0.2) is 68.7 Å². The average molecular weight is 463 g/mol. The van der Waals surface area contributed by atoms with E-state index in [0.717, 1.165) is 27.9 Å². The van der Waals surface area contributed by atoms with Gasteiger partial charge in [-0.2, -0.15) is 10.2 Å². The first-order chi connectivity index (χ1) is 15.4. The van der Waals surface area contributed by atoms with E-state index in [2.05, 4.69) is 79.6 Å². The highest BCUT2D eigenvalue weighted by Gasteiger charge is 2.23. The first-order valence-electron chi connectivity index (χ1n) is 10.2. The molecule has 0 heterocycles. The molecule has 170 valence electrons. The van der Waals surface area contributed by atoms with Gasteiger partial charge in [-0.05, 0) is 58.5 Å². The second-order valence-corrected chi connectivity index (χ2v) is 7.48. The molecule has 0 bridgehead atoms. The fourth-order valence-corrected chi connectivity index (χ4v) is 3.91. The lowest BCUT2D eigenvalue weighted by Gasteiger charge is -2.09. The van der Waals surface area contributed by atoms with Crippen LogP contribution in [-0.4, -0.2) is 37.4 Å². The minimum Gasteiger partial charge on any atom is -0.369 e. The van der Waals surface area contributed by atoms with Gasteiger partial charge >= 0.3 is 0 Å². The molecule has 8 nitrogen and oxygen atoms in total. The summed E-state index contributed by atoms with van der Waals surface area (Å²) in [6, 6.07) is 17.0. The summed E-state index contributed by atoms with van der Waals surface area (Å²) in [5.74, 6) is 0.544. The summed E-state index contributed by atoms with van der Waals surface area (Å²) in [6.45, 7) is 3.90. The quantitative estimate of drug-likeness (QED) is 0.210. The van der Waals surface area contributed by atoms with Gasteiger partial charge in [-0.25, -0.2) is 10.9 Å². The number of hydrogen-bond acceptors (Lipinski definition) is 4. The molecular weight excluding hydrogens is 436 g/mol. The van der Waals surface area contributed by atoms with Crippen LogP contribution >= 0.6 is 12.4 Å². The molecule has 33 heavy (non-hydrogen) atoms. The summed E-state index contributed by atoms with van der Waals surface area (Å²) in [5, 5.41) is 11.1. The molecule has 0 radical (unpaired) electrons. The fourth-order valence-electron chi connectivity index (χ4n) is 3.91. The molecule has 6 N–H and O–H groups in total. The van der Waals surface area contributed by atoms with E-state index in [1.807, 2.05) is 13.8 Å². The third kappa shape index (κ3) is 4.38. The molecule has 1 aliphatic rings. The normalized spacial score (nSPS) is 13.6. The topological polar surface area (TPSA) is 126 Å². The molecule has 4 rings (SSSR count). The molecule has 1 aliphatic carbocycles. The van der Waals surface area contributed by atoms with Gasteiger partial charge in [-0.3, -0.25) is 9.98 Å². The lowest BCUT2D eigenvalue weighted by Crippen LogP contribution is -2.27. The zero-order chi connectivity index (χ0) is 22.8. The van der Waals surface area contributed by atoms with Crippen LogP contribution in [0.5, 0.6) is 0 Å². The van der Waals surface area contributed by atoms with Gasteiger partial charge < -0.3 is 11.5 Å². The molecule has 0 saturated heterocycles. The van der Waals surface area contributed by atoms with Crippen molar-refractivity contribution in [3.63, 3.8) is 0 Å². The van der Waals surface area contributed by atoms with Gasteiger partial charge in [0.05, 0.1) is 11.4 Å². The number of nitrogens with two attached hydrogens (primary N) is 2. The van der Waals surface area contributed by atoms with Crippen LogP contribution in [0.4, 0.5) is 0 Å². The van der Waals surface area contributed by atoms with E-state index < -0.39 is 0 Å². The van der Waals surface area contributed by atoms with Gasteiger partial charge in [-0.1, -0.05) is 42.5 Å². The molecule has 0 aliphatic heterocycles. The van der Waals surface area contributed by atoms with Crippen molar-refractivity contribution >= 4 is 46.5 Å². The predicted octanol–water partition coefficient (Wildman–Crippen LogP) is 3.43. The molecule has 0 aromatic heterocycles. The Hall–Kier alpha value is -3.91. The Morgan fingerprint density at radius 3 is 2.00 bits per heavy atom. The number of nitrogens with zero attached hydrogens (tertiary/aromatic N) is 4. The van der Waals surface area contributed by atoms with E-state index in [-0.39, 0.29) is 24.3 Å². The Kier molecular flexibility index (Phi) is 6.98. The van der Waals surface area contributed by atoms with Gasteiger partial charge in [-0.15, -0.1) is 12.4 Å². The zero-order valence-corrected chi connectivity index (χ0v) is 19.8. The minimum absolute atomic E-state index is 0. The number of hydrogen-bond donors (Lipinski definition) is 4. The third-order valence-electron chi connectivity index (χ3n) is 5.61. The van der Waals surface area contributed by atoms with Gasteiger partial charge in [0, 0.05) is 19.7 Å². The van der Waals surface area contributed by atoms with Crippen molar-refractivity contribution < 1.29 is 0 Å². The fraction of sp³-hybridized carbons (Fsp3) is 0.167. The lowest BCUT2D eigenvalue weighted by atomic mass is 9.96. The molecule has 3 aromatic carbocycles. The van der Waals surface area contributed by atoms with E-state index in [0.29, 0.717) is 0 Å². The summed E-state index contributed by atoms with van der Waals surface area (Å²) in [6.07, 6.45) is 0. The van der Waals surface area contributed by atoms with E-state index in [1.54, 1.807) is 14.1 Å². The molecule has 3 aromatic rings. The number of halogens is 1. The molecule has 0 spiro atoms. The molecule has 0 fully saturated rings. The monoisotopic (exact) mass is 462 g/mol. The number of hydrazone groups is 2. The Morgan fingerprint density at radius 2 is 1.33 bits per heavy atom. The van der Waals surface area contributed by atoms with Crippen molar-refractivity contribution in [3.05, 3.63) is 59.7 Å². The summed E-state index contributed by atoms with van der Waals surface area (Å²) in [5.41, 5.74) is 25.5. The Labute approximate surface area is 199 Å². The summed E-state index contributed by atoms with van der Waals surface area (Å²) in [4.78, 5) is 7.74.